The standard InChI is InChI=1S/C27H28ClO3P/c1-17-11-10-14-22(28)24(17)32(31,25(29)20-12-8-7-9-13-20)26(30)23-18(2)15-21(16-19(23)3)27(4,5)6/h7-16H,1-6H3. The number of hydrogen-bond donors (Lipinski definition) is 0. The molecule has 1 atom stereocenters. The molecule has 3 aromatic rings. The second kappa shape index (κ2) is 8.81. The molecule has 0 aromatic heterocycles. The summed E-state index contributed by atoms with van der Waals surface area (Å²) in [5, 5.41) is 0.284. The Morgan fingerprint density at radius 1 is 0.781 bits per heavy atom. The van der Waals surface area contributed by atoms with Gasteiger partial charge in [0.2, 0.25) is 18.2 Å². The van der Waals surface area contributed by atoms with Crippen LogP contribution in [0.5, 0.6) is 0 Å². The maximum Gasteiger partial charge on any atom is 0.250 e. The van der Waals surface area contributed by atoms with E-state index in [1.807, 2.05) is 26.0 Å². The van der Waals surface area contributed by atoms with Gasteiger partial charge in [0.1, 0.15) is 0 Å². The van der Waals surface area contributed by atoms with Crippen molar-refractivity contribution in [3.8, 4) is 0 Å². The van der Waals surface area contributed by atoms with Gasteiger partial charge in [0.05, 0.1) is 5.02 Å². The van der Waals surface area contributed by atoms with Gasteiger partial charge in [0, 0.05) is 16.4 Å². The molecular formula is C27H28ClO3P. The number of carbonyl (C=O) groups excluding carboxylic acids is 2. The molecule has 0 spiro atoms. The number of hydrogen-bond acceptors (Lipinski definition) is 3. The minimum Gasteiger partial charge on any atom is -0.302 e. The van der Waals surface area contributed by atoms with Crippen molar-refractivity contribution in [2.75, 3.05) is 0 Å². The van der Waals surface area contributed by atoms with Crippen LogP contribution in [0.2, 0.25) is 5.02 Å². The lowest BCUT2D eigenvalue weighted by Crippen LogP contribution is -2.25. The van der Waals surface area contributed by atoms with Crippen LogP contribution in [0.25, 0.3) is 0 Å². The van der Waals surface area contributed by atoms with E-state index in [-0.39, 0.29) is 21.3 Å². The molecule has 0 fully saturated rings. The summed E-state index contributed by atoms with van der Waals surface area (Å²) in [4.78, 5) is 27.7. The van der Waals surface area contributed by atoms with Crippen LogP contribution in [0.15, 0.2) is 60.7 Å². The molecule has 0 radical (unpaired) electrons. The Kier molecular flexibility index (Phi) is 6.65. The molecule has 0 amide bonds. The van der Waals surface area contributed by atoms with Gasteiger partial charge < -0.3 is 4.57 Å². The maximum atomic E-state index is 14.7. The van der Waals surface area contributed by atoms with Crippen molar-refractivity contribution in [1.82, 2.24) is 0 Å². The summed E-state index contributed by atoms with van der Waals surface area (Å²) in [6.45, 7) is 11.7. The van der Waals surface area contributed by atoms with Gasteiger partial charge in [-0.15, -0.1) is 0 Å². The fourth-order valence-electron chi connectivity index (χ4n) is 3.97. The molecule has 0 saturated heterocycles. The molecule has 0 heterocycles. The first-order valence-electron chi connectivity index (χ1n) is 10.5. The molecule has 3 nitrogen and oxygen atoms in total. The van der Waals surface area contributed by atoms with Crippen LogP contribution in [0.1, 0.15) is 63.7 Å². The van der Waals surface area contributed by atoms with Gasteiger partial charge >= 0.3 is 0 Å². The highest BCUT2D eigenvalue weighted by molar-refractivity contribution is 8.01. The van der Waals surface area contributed by atoms with E-state index >= 15 is 0 Å². The van der Waals surface area contributed by atoms with Crippen LogP contribution in [0.3, 0.4) is 0 Å². The average Bonchev–Trinajstić information content (AvgIpc) is 2.72. The first-order chi connectivity index (χ1) is 14.9. The van der Waals surface area contributed by atoms with Crippen LogP contribution in [-0.2, 0) is 9.98 Å². The molecule has 0 saturated carbocycles. The number of rotatable bonds is 5. The maximum absolute atomic E-state index is 14.7. The van der Waals surface area contributed by atoms with Gasteiger partial charge in [-0.2, -0.15) is 0 Å². The van der Waals surface area contributed by atoms with Crippen molar-refractivity contribution in [3.63, 3.8) is 0 Å². The third-order valence-electron chi connectivity index (χ3n) is 5.71. The smallest absolute Gasteiger partial charge is 0.250 e. The molecule has 3 rings (SSSR count). The monoisotopic (exact) mass is 466 g/mol. The van der Waals surface area contributed by atoms with E-state index in [0.717, 1.165) is 5.56 Å². The second-order valence-electron chi connectivity index (χ2n) is 9.23. The average molecular weight is 467 g/mol. The number of aryl methyl sites for hydroxylation is 3. The lowest BCUT2D eigenvalue weighted by Gasteiger charge is -2.24. The normalized spacial score (nSPS) is 13.5. The Hall–Kier alpha value is -2.48. The molecule has 0 aliphatic carbocycles. The largest absolute Gasteiger partial charge is 0.302 e. The van der Waals surface area contributed by atoms with Crippen molar-refractivity contribution >= 4 is 35.1 Å². The summed E-state index contributed by atoms with van der Waals surface area (Å²) in [5.41, 5.74) is 2.10. The van der Waals surface area contributed by atoms with Gasteiger partial charge in [-0.25, -0.2) is 0 Å². The second-order valence-corrected chi connectivity index (χ2v) is 12.1. The topological polar surface area (TPSA) is 51.2 Å². The summed E-state index contributed by atoms with van der Waals surface area (Å²) >= 11 is 6.46. The number of halogens is 1. The Labute approximate surface area is 195 Å². The first-order valence-corrected chi connectivity index (χ1v) is 12.6. The molecule has 1 unspecified atom stereocenters. The molecule has 0 aliphatic rings. The van der Waals surface area contributed by atoms with E-state index in [2.05, 4.69) is 20.8 Å². The van der Waals surface area contributed by atoms with Gasteiger partial charge in [-0.05, 0) is 54.5 Å². The predicted octanol–water partition coefficient (Wildman–Crippen LogP) is 7.23. The van der Waals surface area contributed by atoms with Gasteiger partial charge in [0.15, 0.2) is 0 Å². The minimum atomic E-state index is -4.29. The van der Waals surface area contributed by atoms with Gasteiger partial charge in [0.25, 0.3) is 0 Å². The van der Waals surface area contributed by atoms with Gasteiger partial charge in [-0.1, -0.05) is 87.0 Å². The van der Waals surface area contributed by atoms with Crippen molar-refractivity contribution < 1.29 is 14.2 Å². The summed E-state index contributed by atoms with van der Waals surface area (Å²) < 4.78 is 14.7. The fraction of sp³-hybridized carbons (Fsp3) is 0.259. The molecule has 0 N–H and O–H groups in total. The fourth-order valence-corrected chi connectivity index (χ4v) is 7.27. The van der Waals surface area contributed by atoms with E-state index in [1.54, 1.807) is 55.5 Å². The highest BCUT2D eigenvalue weighted by Crippen LogP contribution is 2.54. The van der Waals surface area contributed by atoms with Crippen LogP contribution in [0, 0.1) is 20.8 Å². The van der Waals surface area contributed by atoms with Crippen molar-refractivity contribution in [3.05, 3.63) is 99.1 Å². The highest BCUT2D eigenvalue weighted by atomic mass is 35.5. The molecular weight excluding hydrogens is 439 g/mol. The first kappa shape index (κ1) is 24.2. The third-order valence-corrected chi connectivity index (χ3v) is 9.00. The lowest BCUT2D eigenvalue weighted by molar-refractivity contribution is 0.104. The summed E-state index contributed by atoms with van der Waals surface area (Å²) in [6.07, 6.45) is 0. The van der Waals surface area contributed by atoms with Crippen LogP contribution in [0.4, 0.5) is 0 Å². The lowest BCUT2D eigenvalue weighted by atomic mass is 9.84. The van der Waals surface area contributed by atoms with E-state index in [0.29, 0.717) is 22.3 Å². The number of benzene rings is 3. The van der Waals surface area contributed by atoms with E-state index < -0.39 is 18.2 Å². The summed E-state index contributed by atoms with van der Waals surface area (Å²) in [5.74, 6) is 0. The quantitative estimate of drug-likeness (QED) is 0.372. The zero-order valence-electron chi connectivity index (χ0n) is 19.3. The summed E-state index contributed by atoms with van der Waals surface area (Å²) in [6, 6.07) is 17.2. The number of carbonyl (C=O) groups is 2. The van der Waals surface area contributed by atoms with Crippen LogP contribution < -0.4 is 5.30 Å². The molecule has 5 heteroatoms. The Morgan fingerprint density at radius 3 is 1.84 bits per heavy atom. The van der Waals surface area contributed by atoms with E-state index in [9.17, 15) is 14.2 Å². The molecule has 166 valence electrons. The SMILES string of the molecule is Cc1cc(C(C)(C)C)cc(C)c1C(=O)P(=O)(C(=O)c1ccccc1)c1c(C)cccc1Cl. The van der Waals surface area contributed by atoms with Crippen molar-refractivity contribution in [1.29, 1.82) is 0 Å². The van der Waals surface area contributed by atoms with E-state index in [1.165, 1.54) is 0 Å². The Morgan fingerprint density at radius 2 is 1.34 bits per heavy atom. The zero-order chi connectivity index (χ0) is 23.8. The van der Waals surface area contributed by atoms with Gasteiger partial charge in [-0.3, -0.25) is 9.59 Å². The predicted molar refractivity (Wildman–Crippen MR) is 133 cm³/mol. The van der Waals surface area contributed by atoms with Crippen LogP contribution in [-0.4, -0.2) is 11.0 Å². The van der Waals surface area contributed by atoms with Crippen molar-refractivity contribution in [2.45, 2.75) is 47.0 Å². The molecule has 0 aliphatic heterocycles. The highest BCUT2D eigenvalue weighted by Gasteiger charge is 2.46. The molecule has 3 aromatic carbocycles. The zero-order valence-corrected chi connectivity index (χ0v) is 21.0. The molecule has 32 heavy (non-hydrogen) atoms. The third kappa shape index (κ3) is 4.25. The van der Waals surface area contributed by atoms with E-state index in [4.69, 9.17) is 11.6 Å². The Bertz CT molecular complexity index is 1210. The van der Waals surface area contributed by atoms with Crippen molar-refractivity contribution in [2.24, 2.45) is 0 Å². The summed E-state index contributed by atoms with van der Waals surface area (Å²) in [7, 11) is -4.29. The van der Waals surface area contributed by atoms with Crippen LogP contribution >= 0.6 is 18.7 Å². The molecule has 0 bridgehead atoms. The Balaban J connectivity index is 2.32. The minimum absolute atomic E-state index is 0.111.